The molecule has 0 saturated carbocycles. The van der Waals surface area contributed by atoms with E-state index < -0.39 is 0 Å². The number of nitrogens with two attached hydrogens (primary N) is 1. The Kier molecular flexibility index (Phi) is 2.41. The fourth-order valence-electron chi connectivity index (χ4n) is 1.56. The monoisotopic (exact) mass is 192 g/mol. The SMILES string of the molecule is NCC1CC(=O)N(c2ncccn2)C1. The van der Waals surface area contributed by atoms with Gasteiger partial charge in [-0.3, -0.25) is 9.69 Å². The lowest BCUT2D eigenvalue weighted by molar-refractivity contribution is -0.117. The van der Waals surface area contributed by atoms with E-state index >= 15 is 0 Å². The number of hydrogen-bond acceptors (Lipinski definition) is 4. The Bertz CT molecular complexity index is 327. The van der Waals surface area contributed by atoms with Crippen LogP contribution in [0.4, 0.5) is 5.95 Å². The van der Waals surface area contributed by atoms with Crippen LogP contribution in [0.1, 0.15) is 6.42 Å². The van der Waals surface area contributed by atoms with E-state index in [1.54, 1.807) is 23.4 Å². The molecule has 5 heteroatoms. The average Bonchev–Trinajstić information content (AvgIpc) is 2.61. The van der Waals surface area contributed by atoms with Gasteiger partial charge in [0.1, 0.15) is 0 Å². The Morgan fingerprint density at radius 2 is 2.21 bits per heavy atom. The minimum atomic E-state index is 0.0617. The van der Waals surface area contributed by atoms with Crippen molar-refractivity contribution in [3.63, 3.8) is 0 Å². The van der Waals surface area contributed by atoms with E-state index in [0.717, 1.165) is 0 Å². The average molecular weight is 192 g/mol. The normalized spacial score (nSPS) is 21.6. The van der Waals surface area contributed by atoms with Gasteiger partial charge in [0, 0.05) is 25.4 Å². The van der Waals surface area contributed by atoms with Gasteiger partial charge in [-0.2, -0.15) is 0 Å². The quantitative estimate of drug-likeness (QED) is 0.703. The van der Waals surface area contributed by atoms with Crippen LogP contribution in [0.25, 0.3) is 0 Å². The molecule has 0 radical (unpaired) electrons. The molecule has 1 aliphatic rings. The lowest BCUT2D eigenvalue weighted by Gasteiger charge is -2.12. The van der Waals surface area contributed by atoms with Crippen molar-refractivity contribution in [1.29, 1.82) is 0 Å². The van der Waals surface area contributed by atoms with Crippen molar-refractivity contribution in [2.24, 2.45) is 11.7 Å². The highest BCUT2D eigenvalue weighted by Crippen LogP contribution is 2.20. The van der Waals surface area contributed by atoms with Crippen LogP contribution in [-0.4, -0.2) is 29.0 Å². The fourth-order valence-corrected chi connectivity index (χ4v) is 1.56. The summed E-state index contributed by atoms with van der Waals surface area (Å²) < 4.78 is 0. The van der Waals surface area contributed by atoms with Crippen molar-refractivity contribution in [3.05, 3.63) is 18.5 Å². The third kappa shape index (κ3) is 1.58. The summed E-state index contributed by atoms with van der Waals surface area (Å²) >= 11 is 0. The highest BCUT2D eigenvalue weighted by Gasteiger charge is 2.30. The van der Waals surface area contributed by atoms with Crippen LogP contribution in [0.15, 0.2) is 18.5 Å². The topological polar surface area (TPSA) is 72.1 Å². The van der Waals surface area contributed by atoms with Crippen LogP contribution >= 0.6 is 0 Å². The van der Waals surface area contributed by atoms with Crippen LogP contribution in [0.5, 0.6) is 0 Å². The summed E-state index contributed by atoms with van der Waals surface area (Å²) in [6, 6.07) is 1.73. The molecule has 1 aromatic rings. The zero-order valence-electron chi connectivity index (χ0n) is 7.76. The summed E-state index contributed by atoms with van der Waals surface area (Å²) in [5.74, 6) is 0.784. The molecule has 1 fully saturated rings. The Balaban J connectivity index is 2.17. The molecular weight excluding hydrogens is 180 g/mol. The van der Waals surface area contributed by atoms with Gasteiger partial charge in [0.05, 0.1) is 0 Å². The lowest BCUT2D eigenvalue weighted by atomic mass is 10.1. The van der Waals surface area contributed by atoms with E-state index in [-0.39, 0.29) is 11.8 Å². The molecule has 1 aromatic heterocycles. The number of amides is 1. The van der Waals surface area contributed by atoms with Gasteiger partial charge in [0.15, 0.2) is 0 Å². The number of hydrogen-bond donors (Lipinski definition) is 1. The number of nitrogens with zero attached hydrogens (tertiary/aromatic N) is 3. The molecular formula is C9H12N4O. The molecule has 0 aromatic carbocycles. The smallest absolute Gasteiger partial charge is 0.232 e. The van der Waals surface area contributed by atoms with Crippen LogP contribution in [0, 0.1) is 5.92 Å². The van der Waals surface area contributed by atoms with Crippen LogP contribution in [-0.2, 0) is 4.79 Å². The molecule has 0 spiro atoms. The first-order valence-corrected chi connectivity index (χ1v) is 4.58. The van der Waals surface area contributed by atoms with E-state index in [2.05, 4.69) is 9.97 Å². The second-order valence-corrected chi connectivity index (χ2v) is 3.36. The van der Waals surface area contributed by atoms with Gasteiger partial charge < -0.3 is 5.73 Å². The number of aromatic nitrogens is 2. The van der Waals surface area contributed by atoms with E-state index in [1.807, 2.05) is 0 Å². The molecule has 1 amide bonds. The Hall–Kier alpha value is -1.49. The number of rotatable bonds is 2. The molecule has 2 rings (SSSR count). The zero-order chi connectivity index (χ0) is 9.97. The minimum Gasteiger partial charge on any atom is -0.330 e. The Labute approximate surface area is 82.0 Å². The van der Waals surface area contributed by atoms with Gasteiger partial charge in [0.2, 0.25) is 11.9 Å². The molecule has 14 heavy (non-hydrogen) atoms. The summed E-state index contributed by atoms with van der Waals surface area (Å²) in [7, 11) is 0. The van der Waals surface area contributed by atoms with Crippen LogP contribution < -0.4 is 10.6 Å². The number of carbonyl (C=O) groups excluding carboxylic acids is 1. The fraction of sp³-hybridized carbons (Fsp3) is 0.444. The maximum atomic E-state index is 11.5. The standard InChI is InChI=1S/C9H12N4O/c10-5-7-4-8(14)13(6-7)9-11-2-1-3-12-9/h1-3,7H,4-6,10H2. The van der Waals surface area contributed by atoms with Gasteiger partial charge in [-0.15, -0.1) is 0 Å². The van der Waals surface area contributed by atoms with E-state index in [9.17, 15) is 4.79 Å². The van der Waals surface area contributed by atoms with Gasteiger partial charge in [-0.25, -0.2) is 9.97 Å². The van der Waals surface area contributed by atoms with Crippen molar-refractivity contribution in [1.82, 2.24) is 9.97 Å². The van der Waals surface area contributed by atoms with Crippen LogP contribution in [0.2, 0.25) is 0 Å². The molecule has 2 N–H and O–H groups in total. The molecule has 2 heterocycles. The maximum Gasteiger partial charge on any atom is 0.232 e. The number of anilines is 1. The summed E-state index contributed by atoms with van der Waals surface area (Å²) in [4.78, 5) is 21.2. The predicted octanol–water partition coefficient (Wildman–Crippen LogP) is -0.212. The third-order valence-corrected chi connectivity index (χ3v) is 2.33. The first-order chi connectivity index (χ1) is 6.81. The van der Waals surface area contributed by atoms with Gasteiger partial charge >= 0.3 is 0 Å². The summed E-state index contributed by atoms with van der Waals surface area (Å²) in [5.41, 5.74) is 5.52. The molecule has 1 unspecified atom stereocenters. The van der Waals surface area contributed by atoms with Crippen molar-refractivity contribution >= 4 is 11.9 Å². The lowest BCUT2D eigenvalue weighted by Crippen LogP contribution is -2.27. The van der Waals surface area contributed by atoms with Gasteiger partial charge in [-0.05, 0) is 18.5 Å². The summed E-state index contributed by atoms with van der Waals surface area (Å²) in [5, 5.41) is 0. The van der Waals surface area contributed by atoms with Crippen molar-refractivity contribution in [3.8, 4) is 0 Å². The highest BCUT2D eigenvalue weighted by molar-refractivity contribution is 5.93. The van der Waals surface area contributed by atoms with Gasteiger partial charge in [0.25, 0.3) is 0 Å². The Morgan fingerprint density at radius 1 is 1.50 bits per heavy atom. The molecule has 1 aliphatic heterocycles. The molecule has 5 nitrogen and oxygen atoms in total. The van der Waals surface area contributed by atoms with Gasteiger partial charge in [-0.1, -0.05) is 0 Å². The zero-order valence-corrected chi connectivity index (χ0v) is 7.76. The van der Waals surface area contributed by atoms with Crippen LogP contribution in [0.3, 0.4) is 0 Å². The van der Waals surface area contributed by atoms with E-state index in [0.29, 0.717) is 25.5 Å². The molecule has 74 valence electrons. The predicted molar refractivity (Wildman–Crippen MR) is 51.5 cm³/mol. The summed E-state index contributed by atoms with van der Waals surface area (Å²) in [6.45, 7) is 1.18. The molecule has 1 saturated heterocycles. The van der Waals surface area contributed by atoms with E-state index in [4.69, 9.17) is 5.73 Å². The maximum absolute atomic E-state index is 11.5. The first kappa shape index (κ1) is 9.08. The number of carbonyl (C=O) groups is 1. The third-order valence-electron chi connectivity index (χ3n) is 2.33. The second-order valence-electron chi connectivity index (χ2n) is 3.36. The first-order valence-electron chi connectivity index (χ1n) is 4.58. The largest absolute Gasteiger partial charge is 0.330 e. The molecule has 0 bridgehead atoms. The highest BCUT2D eigenvalue weighted by atomic mass is 16.2. The van der Waals surface area contributed by atoms with Crippen molar-refractivity contribution in [2.75, 3.05) is 18.0 Å². The molecule has 1 atom stereocenters. The second kappa shape index (κ2) is 3.71. The van der Waals surface area contributed by atoms with Crippen molar-refractivity contribution < 1.29 is 4.79 Å². The minimum absolute atomic E-state index is 0.0617. The van der Waals surface area contributed by atoms with Crippen molar-refractivity contribution in [2.45, 2.75) is 6.42 Å². The molecule has 0 aliphatic carbocycles. The Morgan fingerprint density at radius 3 is 2.79 bits per heavy atom. The summed E-state index contributed by atoms with van der Waals surface area (Å²) in [6.07, 6.45) is 3.77. The van der Waals surface area contributed by atoms with E-state index in [1.165, 1.54) is 0 Å².